The fourth-order valence-corrected chi connectivity index (χ4v) is 9.76. The zero-order valence-electron chi connectivity index (χ0n) is 33.2. The first kappa shape index (κ1) is 35.0. The molecule has 0 aliphatic heterocycles. The molecule has 0 atom stereocenters. The summed E-state index contributed by atoms with van der Waals surface area (Å²) in [5, 5.41) is 0. The van der Waals surface area contributed by atoms with Crippen molar-refractivity contribution in [3.05, 3.63) is 247 Å². The minimum Gasteiger partial charge on any atom is -0.208 e. The Morgan fingerprint density at radius 2 is 0.541 bits per heavy atom. The maximum absolute atomic E-state index is 5.16. The summed E-state index contributed by atoms with van der Waals surface area (Å²) in [5.41, 5.74) is 19.9. The van der Waals surface area contributed by atoms with E-state index in [1.807, 2.05) is 12.1 Å². The predicted molar refractivity (Wildman–Crippen MR) is 249 cm³/mol. The highest BCUT2D eigenvalue weighted by atomic mass is 15.0. The summed E-state index contributed by atoms with van der Waals surface area (Å²) in [6, 6.07) is 80.4. The van der Waals surface area contributed by atoms with Crippen LogP contribution in [0.5, 0.6) is 0 Å². The molecule has 3 heteroatoms. The second-order valence-corrected chi connectivity index (χ2v) is 15.9. The third-order valence-corrected chi connectivity index (χ3v) is 12.6. The summed E-state index contributed by atoms with van der Waals surface area (Å²) in [7, 11) is 0. The summed E-state index contributed by atoms with van der Waals surface area (Å²) in [6.07, 6.45) is 0. The fourth-order valence-electron chi connectivity index (χ4n) is 9.76. The molecule has 0 bridgehead atoms. The highest BCUT2D eigenvalue weighted by Crippen LogP contribution is 2.63. The SMILES string of the molecule is c1ccc(-c2ccc(-c3nc(-c4ccc(-c5ccccc5)cc4)nc(-c4cccc(-c5ccc6c(c5)-c5ccccc5C65c6ccccc6-c6ccccc65)c4)n3)cc2)cc1. The van der Waals surface area contributed by atoms with Gasteiger partial charge in [0.2, 0.25) is 0 Å². The molecular formula is C58H37N3. The molecule has 0 unspecified atom stereocenters. The average molecular weight is 776 g/mol. The number of hydrogen-bond donors (Lipinski definition) is 0. The zero-order chi connectivity index (χ0) is 40.3. The molecule has 0 fully saturated rings. The highest BCUT2D eigenvalue weighted by Gasteiger charge is 2.51. The lowest BCUT2D eigenvalue weighted by Gasteiger charge is -2.30. The molecular weight excluding hydrogens is 739 g/mol. The average Bonchev–Trinajstić information content (AvgIpc) is 3.82. The largest absolute Gasteiger partial charge is 0.208 e. The van der Waals surface area contributed by atoms with Crippen LogP contribution in [0.3, 0.4) is 0 Å². The molecule has 0 saturated heterocycles. The Morgan fingerprint density at radius 3 is 1.05 bits per heavy atom. The molecule has 3 nitrogen and oxygen atoms in total. The van der Waals surface area contributed by atoms with Crippen molar-refractivity contribution < 1.29 is 0 Å². The molecule has 2 aliphatic carbocycles. The van der Waals surface area contributed by atoms with Crippen LogP contribution >= 0.6 is 0 Å². The van der Waals surface area contributed by atoms with Crippen molar-refractivity contribution in [2.75, 3.05) is 0 Å². The molecule has 0 amide bonds. The Bertz CT molecular complexity index is 3130. The molecule has 2 aliphatic rings. The van der Waals surface area contributed by atoms with Crippen molar-refractivity contribution in [1.82, 2.24) is 15.0 Å². The standard InChI is InChI=1S/C58H37N3/c1-3-14-38(15-4-1)40-26-30-42(31-27-40)55-59-56(43-32-28-41(29-33-43)39-16-5-2-6-17-39)61-57(60-55)46-19-13-18-44(36-46)45-34-35-54-50(37-45)49-22-9-12-25-53(49)58(54)51-23-10-7-20-47(51)48-21-8-11-24-52(48)58/h1-37H. The number of nitrogens with zero attached hydrogens (tertiary/aromatic N) is 3. The van der Waals surface area contributed by atoms with Crippen LogP contribution in [-0.4, -0.2) is 15.0 Å². The van der Waals surface area contributed by atoms with Gasteiger partial charge in [0.05, 0.1) is 5.41 Å². The molecule has 61 heavy (non-hydrogen) atoms. The van der Waals surface area contributed by atoms with E-state index in [9.17, 15) is 0 Å². The number of aromatic nitrogens is 3. The van der Waals surface area contributed by atoms with Gasteiger partial charge < -0.3 is 0 Å². The lowest BCUT2D eigenvalue weighted by Crippen LogP contribution is -2.25. The van der Waals surface area contributed by atoms with Crippen molar-refractivity contribution in [2.24, 2.45) is 0 Å². The molecule has 0 radical (unpaired) electrons. The van der Waals surface area contributed by atoms with Gasteiger partial charge in [0.25, 0.3) is 0 Å². The van der Waals surface area contributed by atoms with E-state index >= 15 is 0 Å². The molecule has 1 aromatic heterocycles. The Morgan fingerprint density at radius 1 is 0.213 bits per heavy atom. The van der Waals surface area contributed by atoms with E-state index in [2.05, 4.69) is 212 Å². The summed E-state index contributed by atoms with van der Waals surface area (Å²) in [5.74, 6) is 1.90. The van der Waals surface area contributed by atoms with Gasteiger partial charge in [-0.3, -0.25) is 0 Å². The number of fused-ring (bicyclic) bond motifs is 10. The first-order chi connectivity index (χ1) is 30.2. The molecule has 0 N–H and O–H groups in total. The van der Waals surface area contributed by atoms with E-state index in [-0.39, 0.29) is 5.41 Å². The zero-order valence-corrected chi connectivity index (χ0v) is 33.2. The fraction of sp³-hybridized carbons (Fsp3) is 0.0172. The van der Waals surface area contributed by atoms with Crippen LogP contribution in [0.25, 0.3) is 89.8 Å². The number of benzene rings is 9. The maximum atomic E-state index is 5.16. The Kier molecular flexibility index (Phi) is 8.07. The smallest absolute Gasteiger partial charge is 0.164 e. The molecule has 0 saturated carbocycles. The lowest BCUT2D eigenvalue weighted by molar-refractivity contribution is 0.794. The summed E-state index contributed by atoms with van der Waals surface area (Å²) in [6.45, 7) is 0. The van der Waals surface area contributed by atoms with Gasteiger partial charge >= 0.3 is 0 Å². The Hall–Kier alpha value is -8.01. The van der Waals surface area contributed by atoms with Crippen LogP contribution in [0, 0.1) is 0 Å². The van der Waals surface area contributed by atoms with Gasteiger partial charge in [0, 0.05) is 16.7 Å². The van der Waals surface area contributed by atoms with Gasteiger partial charge in [-0.25, -0.2) is 15.0 Å². The summed E-state index contributed by atoms with van der Waals surface area (Å²) in [4.78, 5) is 15.4. The first-order valence-corrected chi connectivity index (χ1v) is 20.8. The van der Waals surface area contributed by atoms with Crippen LogP contribution in [0.2, 0.25) is 0 Å². The van der Waals surface area contributed by atoms with E-state index in [1.54, 1.807) is 0 Å². The molecule has 1 heterocycles. The van der Waals surface area contributed by atoms with Crippen LogP contribution in [-0.2, 0) is 5.41 Å². The van der Waals surface area contributed by atoms with Crippen LogP contribution < -0.4 is 0 Å². The predicted octanol–water partition coefficient (Wildman–Crippen LogP) is 14.2. The minimum atomic E-state index is -0.365. The normalized spacial score (nSPS) is 12.7. The number of hydrogen-bond acceptors (Lipinski definition) is 3. The van der Waals surface area contributed by atoms with Crippen molar-refractivity contribution in [1.29, 1.82) is 0 Å². The minimum absolute atomic E-state index is 0.365. The monoisotopic (exact) mass is 775 g/mol. The molecule has 1 spiro atoms. The highest BCUT2D eigenvalue weighted by molar-refractivity contribution is 5.96. The molecule has 10 aromatic rings. The lowest BCUT2D eigenvalue weighted by atomic mass is 9.70. The van der Waals surface area contributed by atoms with Gasteiger partial charge in [0.15, 0.2) is 17.5 Å². The molecule has 12 rings (SSSR count). The van der Waals surface area contributed by atoms with Gasteiger partial charge in [-0.1, -0.05) is 212 Å². The third-order valence-electron chi connectivity index (χ3n) is 12.6. The van der Waals surface area contributed by atoms with Gasteiger partial charge in [-0.2, -0.15) is 0 Å². The van der Waals surface area contributed by atoms with Crippen molar-refractivity contribution in [3.63, 3.8) is 0 Å². The topological polar surface area (TPSA) is 38.7 Å². The summed E-state index contributed by atoms with van der Waals surface area (Å²) >= 11 is 0. The van der Waals surface area contributed by atoms with Crippen LogP contribution in [0.4, 0.5) is 0 Å². The van der Waals surface area contributed by atoms with E-state index in [0.717, 1.165) is 38.9 Å². The Balaban J connectivity index is 0.969. The van der Waals surface area contributed by atoms with Crippen molar-refractivity contribution in [2.45, 2.75) is 5.41 Å². The van der Waals surface area contributed by atoms with Crippen molar-refractivity contribution in [3.8, 4) is 89.8 Å². The van der Waals surface area contributed by atoms with E-state index in [1.165, 1.54) is 55.6 Å². The first-order valence-electron chi connectivity index (χ1n) is 20.8. The summed E-state index contributed by atoms with van der Waals surface area (Å²) < 4.78 is 0. The quantitative estimate of drug-likeness (QED) is 0.169. The molecule has 284 valence electrons. The second kappa shape index (κ2) is 14.1. The van der Waals surface area contributed by atoms with E-state index in [4.69, 9.17) is 15.0 Å². The van der Waals surface area contributed by atoms with Crippen molar-refractivity contribution >= 4 is 0 Å². The van der Waals surface area contributed by atoms with Crippen LogP contribution in [0.15, 0.2) is 224 Å². The van der Waals surface area contributed by atoms with Gasteiger partial charge in [-0.05, 0) is 90.0 Å². The second-order valence-electron chi connectivity index (χ2n) is 15.9. The van der Waals surface area contributed by atoms with E-state index < -0.39 is 0 Å². The third kappa shape index (κ3) is 5.62. The molecule has 9 aromatic carbocycles. The Labute approximate surface area is 355 Å². The van der Waals surface area contributed by atoms with Gasteiger partial charge in [0.1, 0.15) is 0 Å². The van der Waals surface area contributed by atoms with E-state index in [0.29, 0.717) is 17.5 Å². The maximum Gasteiger partial charge on any atom is 0.164 e. The number of rotatable bonds is 6. The van der Waals surface area contributed by atoms with Crippen LogP contribution in [0.1, 0.15) is 22.3 Å². The van der Waals surface area contributed by atoms with Gasteiger partial charge in [-0.15, -0.1) is 0 Å².